The third-order valence-corrected chi connectivity index (χ3v) is 3.06. The topological polar surface area (TPSA) is 73.8 Å². The van der Waals surface area contributed by atoms with Gasteiger partial charge in [0.15, 0.2) is 5.82 Å². The molecule has 0 aliphatic heterocycles. The van der Waals surface area contributed by atoms with E-state index in [4.69, 9.17) is 5.73 Å². The molecule has 1 heterocycles. The number of benzene rings is 1. The molecule has 1 aromatic carbocycles. The minimum absolute atomic E-state index is 0.240. The number of hydrogen-bond acceptors (Lipinski definition) is 3. The molecule has 19 heavy (non-hydrogen) atoms. The summed E-state index contributed by atoms with van der Waals surface area (Å²) in [6.07, 6.45) is 3.00. The van der Waals surface area contributed by atoms with Gasteiger partial charge in [-0.2, -0.15) is 0 Å². The minimum Gasteiger partial charge on any atom is -0.365 e. The Bertz CT molecular complexity index is 640. The molecule has 0 aliphatic rings. The Morgan fingerprint density at radius 1 is 1.32 bits per heavy atom. The highest BCUT2D eigenvalue weighted by molar-refractivity contribution is 9.12. The predicted octanol–water partition coefficient (Wildman–Crippen LogP) is 2.24. The maximum Gasteiger partial charge on any atom is 0.257 e. The summed E-state index contributed by atoms with van der Waals surface area (Å²) in [6.45, 7) is 4.05. The average molecular weight is 321 g/mol. The van der Waals surface area contributed by atoms with E-state index in [1.54, 1.807) is 0 Å². The second kappa shape index (κ2) is 5.36. The summed E-state index contributed by atoms with van der Waals surface area (Å²) in [5.74, 6) is 0.0521. The first-order chi connectivity index (χ1) is 8.95. The monoisotopic (exact) mass is 320 g/mol. The van der Waals surface area contributed by atoms with Crippen LogP contribution in [0.3, 0.4) is 0 Å². The van der Waals surface area contributed by atoms with Gasteiger partial charge in [0, 0.05) is 5.56 Å². The van der Waals surface area contributed by atoms with Crippen LogP contribution in [-0.4, -0.2) is 20.7 Å². The van der Waals surface area contributed by atoms with E-state index in [1.165, 1.54) is 17.2 Å². The fourth-order valence-corrected chi connectivity index (χ4v) is 1.96. The van der Waals surface area contributed by atoms with E-state index < -0.39 is 5.91 Å². The van der Waals surface area contributed by atoms with Crippen LogP contribution < -0.4 is 5.73 Å². The Balaban J connectivity index is 2.36. The van der Waals surface area contributed by atoms with Gasteiger partial charge < -0.3 is 5.73 Å². The number of aryl methyl sites for hydroxylation is 2. The van der Waals surface area contributed by atoms with Gasteiger partial charge in [-0.05, 0) is 41.9 Å². The number of aromatic nitrogens is 3. The fourth-order valence-electron chi connectivity index (χ4n) is 1.75. The van der Waals surface area contributed by atoms with Crippen LogP contribution in [0, 0.1) is 13.8 Å². The second-order valence-corrected chi connectivity index (χ2v) is 5.12. The summed E-state index contributed by atoms with van der Waals surface area (Å²) in [4.78, 5) is 15.1. The quantitative estimate of drug-likeness (QED) is 0.881. The molecule has 0 saturated heterocycles. The first kappa shape index (κ1) is 13.5. The van der Waals surface area contributed by atoms with Crippen LogP contribution in [0.5, 0.6) is 0 Å². The zero-order valence-corrected chi connectivity index (χ0v) is 12.2. The number of amides is 1. The number of primary amides is 1. The molecule has 0 atom stereocenters. The third kappa shape index (κ3) is 3.29. The Morgan fingerprint density at radius 3 is 2.53 bits per heavy atom. The lowest BCUT2D eigenvalue weighted by molar-refractivity contribution is -0.113. The number of nitrogens with two attached hydrogens (primary N) is 1. The molecule has 0 bridgehead atoms. The van der Waals surface area contributed by atoms with Crippen molar-refractivity contribution in [3.63, 3.8) is 0 Å². The molecule has 2 N–H and O–H groups in total. The first-order valence-corrected chi connectivity index (χ1v) is 6.42. The van der Waals surface area contributed by atoms with Gasteiger partial charge in [-0.15, -0.1) is 5.10 Å². The number of carbonyl (C=O) groups is 1. The standard InChI is InChI=1S/C13H13BrN4O/c1-8-3-9(2)5-10(4-8)13-16-7-18(17-13)6-11(14)12(15)19/h3-7H,1-2H3,(H2,15,19)/b11-6+. The molecular formula is C13H13BrN4O. The lowest BCUT2D eigenvalue weighted by Gasteiger charge is -2.00. The van der Waals surface area contributed by atoms with Gasteiger partial charge in [0.05, 0.1) is 6.20 Å². The maximum absolute atomic E-state index is 10.9. The van der Waals surface area contributed by atoms with E-state index in [2.05, 4.69) is 32.1 Å². The van der Waals surface area contributed by atoms with Crippen LogP contribution in [0.4, 0.5) is 0 Å². The lowest BCUT2D eigenvalue weighted by Crippen LogP contribution is -2.10. The maximum atomic E-state index is 10.9. The number of carbonyl (C=O) groups excluding carboxylic acids is 1. The summed E-state index contributed by atoms with van der Waals surface area (Å²) in [7, 11) is 0. The van der Waals surface area contributed by atoms with Crippen molar-refractivity contribution < 1.29 is 4.79 Å². The predicted molar refractivity (Wildman–Crippen MR) is 77.3 cm³/mol. The highest BCUT2D eigenvalue weighted by atomic mass is 79.9. The summed E-state index contributed by atoms with van der Waals surface area (Å²) < 4.78 is 1.69. The van der Waals surface area contributed by atoms with Crippen molar-refractivity contribution in [1.82, 2.24) is 14.8 Å². The number of rotatable bonds is 3. The van der Waals surface area contributed by atoms with Gasteiger partial charge in [-0.3, -0.25) is 4.79 Å². The molecular weight excluding hydrogens is 308 g/mol. The smallest absolute Gasteiger partial charge is 0.257 e. The molecule has 0 radical (unpaired) electrons. The van der Waals surface area contributed by atoms with Crippen molar-refractivity contribution in [2.75, 3.05) is 0 Å². The minimum atomic E-state index is -0.552. The van der Waals surface area contributed by atoms with Crippen molar-refractivity contribution in [2.24, 2.45) is 5.73 Å². The van der Waals surface area contributed by atoms with Crippen molar-refractivity contribution in [1.29, 1.82) is 0 Å². The van der Waals surface area contributed by atoms with E-state index in [0.717, 1.165) is 16.7 Å². The lowest BCUT2D eigenvalue weighted by atomic mass is 10.1. The Kier molecular flexibility index (Phi) is 3.80. The summed E-state index contributed by atoms with van der Waals surface area (Å²) in [6, 6.07) is 6.11. The van der Waals surface area contributed by atoms with Gasteiger partial charge in [0.25, 0.3) is 5.91 Å². The van der Waals surface area contributed by atoms with Gasteiger partial charge in [-0.25, -0.2) is 9.67 Å². The fraction of sp³-hybridized carbons (Fsp3) is 0.154. The van der Waals surface area contributed by atoms with Crippen molar-refractivity contribution >= 4 is 28.0 Å². The molecule has 2 aromatic rings. The van der Waals surface area contributed by atoms with E-state index in [0.29, 0.717) is 5.82 Å². The Morgan fingerprint density at radius 2 is 1.95 bits per heavy atom. The Hall–Kier alpha value is -1.95. The highest BCUT2D eigenvalue weighted by Crippen LogP contribution is 2.18. The molecule has 0 fully saturated rings. The number of hydrogen-bond donors (Lipinski definition) is 1. The third-order valence-electron chi connectivity index (χ3n) is 2.47. The molecule has 0 saturated carbocycles. The largest absolute Gasteiger partial charge is 0.365 e. The molecule has 98 valence electrons. The molecule has 0 unspecified atom stereocenters. The molecule has 0 aliphatic carbocycles. The molecule has 0 spiro atoms. The molecule has 2 rings (SSSR count). The zero-order chi connectivity index (χ0) is 14.0. The van der Waals surface area contributed by atoms with Crippen molar-refractivity contribution in [2.45, 2.75) is 13.8 Å². The van der Waals surface area contributed by atoms with Crippen LogP contribution in [0.1, 0.15) is 11.1 Å². The van der Waals surface area contributed by atoms with Crippen LogP contribution in [-0.2, 0) is 4.79 Å². The summed E-state index contributed by atoms with van der Waals surface area (Å²) >= 11 is 3.07. The van der Waals surface area contributed by atoms with Crippen LogP contribution in [0.15, 0.2) is 29.0 Å². The van der Waals surface area contributed by atoms with E-state index >= 15 is 0 Å². The number of nitrogens with zero attached hydrogens (tertiary/aromatic N) is 3. The average Bonchev–Trinajstić information content (AvgIpc) is 2.76. The summed E-state index contributed by atoms with van der Waals surface area (Å²) in [5, 5.41) is 4.28. The van der Waals surface area contributed by atoms with Gasteiger partial charge in [0.2, 0.25) is 0 Å². The molecule has 1 amide bonds. The molecule has 5 nitrogen and oxygen atoms in total. The summed E-state index contributed by atoms with van der Waals surface area (Å²) in [5.41, 5.74) is 8.38. The molecule has 1 aromatic heterocycles. The van der Waals surface area contributed by atoms with Gasteiger partial charge in [-0.1, -0.05) is 17.2 Å². The van der Waals surface area contributed by atoms with Gasteiger partial charge >= 0.3 is 0 Å². The van der Waals surface area contributed by atoms with Crippen LogP contribution in [0.25, 0.3) is 17.6 Å². The Labute approximate surface area is 119 Å². The molecule has 6 heteroatoms. The van der Waals surface area contributed by atoms with E-state index in [-0.39, 0.29) is 4.48 Å². The van der Waals surface area contributed by atoms with Crippen molar-refractivity contribution in [3.8, 4) is 11.4 Å². The first-order valence-electron chi connectivity index (χ1n) is 5.62. The SMILES string of the molecule is Cc1cc(C)cc(-c2ncn(/C=C(/Br)C(N)=O)n2)c1. The number of halogens is 1. The van der Waals surface area contributed by atoms with Crippen LogP contribution in [0.2, 0.25) is 0 Å². The second-order valence-electron chi connectivity index (χ2n) is 4.27. The van der Waals surface area contributed by atoms with Gasteiger partial charge in [0.1, 0.15) is 10.8 Å². The normalized spacial score (nSPS) is 11.6. The van der Waals surface area contributed by atoms with Crippen molar-refractivity contribution in [3.05, 3.63) is 40.1 Å². The highest BCUT2D eigenvalue weighted by Gasteiger charge is 2.06. The zero-order valence-electron chi connectivity index (χ0n) is 10.6. The van der Waals surface area contributed by atoms with E-state index in [9.17, 15) is 4.79 Å². The van der Waals surface area contributed by atoms with Crippen LogP contribution >= 0.6 is 15.9 Å². The van der Waals surface area contributed by atoms with E-state index in [1.807, 2.05) is 26.0 Å².